The quantitative estimate of drug-likeness (QED) is 0.748. The van der Waals surface area contributed by atoms with Gasteiger partial charge in [0, 0.05) is 6.04 Å². The predicted molar refractivity (Wildman–Crippen MR) is 66.5 cm³/mol. The second-order valence-corrected chi connectivity index (χ2v) is 11.8. The van der Waals surface area contributed by atoms with Crippen LogP contribution in [-0.4, -0.2) is 36.6 Å². The van der Waals surface area contributed by atoms with E-state index in [0.29, 0.717) is 0 Å². The van der Waals surface area contributed by atoms with Gasteiger partial charge in [0.25, 0.3) is 0 Å². The van der Waals surface area contributed by atoms with Gasteiger partial charge in [0.2, 0.25) is 0 Å². The van der Waals surface area contributed by atoms with E-state index in [0.717, 1.165) is 12.8 Å². The van der Waals surface area contributed by atoms with Gasteiger partial charge in [0.1, 0.15) is 0 Å². The highest BCUT2D eigenvalue weighted by Crippen LogP contribution is 2.32. The smallest absolute Gasteiger partial charge is 0.404 e. The summed E-state index contributed by atoms with van der Waals surface area (Å²) >= 11 is 0. The Bertz CT molecular complexity index is 267. The Morgan fingerprint density at radius 2 is 1.88 bits per heavy atom. The molecule has 16 heavy (non-hydrogen) atoms. The van der Waals surface area contributed by atoms with Crippen molar-refractivity contribution in [3.63, 3.8) is 0 Å². The van der Waals surface area contributed by atoms with Crippen LogP contribution in [0.5, 0.6) is 0 Å². The van der Waals surface area contributed by atoms with Crippen LogP contribution in [0.3, 0.4) is 0 Å². The third-order valence-electron chi connectivity index (χ3n) is 3.69. The Labute approximate surface area is 98.4 Å². The van der Waals surface area contributed by atoms with E-state index in [2.05, 4.69) is 38.8 Å². The standard InChI is InChI=1S/C11H23NO3Si/c1-11(2,16(3,4)5)15-9-6-8(7-9)12-10(13)14/h8-9,12H,6-7H2,1-5H3,(H,13,14). The van der Waals surface area contributed by atoms with Crippen LogP contribution < -0.4 is 5.32 Å². The van der Waals surface area contributed by atoms with E-state index in [1.54, 1.807) is 0 Å². The second kappa shape index (κ2) is 4.37. The van der Waals surface area contributed by atoms with Gasteiger partial charge in [-0.25, -0.2) is 4.79 Å². The molecule has 5 heteroatoms. The molecule has 0 saturated heterocycles. The lowest BCUT2D eigenvalue weighted by molar-refractivity contribution is -0.0750. The summed E-state index contributed by atoms with van der Waals surface area (Å²) in [4.78, 5) is 10.4. The number of ether oxygens (including phenoxy) is 1. The van der Waals surface area contributed by atoms with E-state index in [1.807, 2.05) is 0 Å². The third kappa shape index (κ3) is 3.22. The maximum atomic E-state index is 10.4. The highest BCUT2D eigenvalue weighted by Gasteiger charge is 2.41. The second-order valence-electron chi connectivity index (χ2n) is 6.12. The normalized spacial score (nSPS) is 26.1. The zero-order chi connectivity index (χ0) is 12.6. The molecule has 0 aliphatic heterocycles. The lowest BCUT2D eigenvalue weighted by Gasteiger charge is -2.45. The lowest BCUT2D eigenvalue weighted by Crippen LogP contribution is -2.56. The highest BCUT2D eigenvalue weighted by molar-refractivity contribution is 6.78. The zero-order valence-corrected chi connectivity index (χ0v) is 11.8. The van der Waals surface area contributed by atoms with E-state index < -0.39 is 14.2 Å². The van der Waals surface area contributed by atoms with Crippen molar-refractivity contribution < 1.29 is 14.6 Å². The topological polar surface area (TPSA) is 58.6 Å². The first kappa shape index (κ1) is 13.5. The number of rotatable bonds is 4. The molecular formula is C11H23NO3Si. The molecule has 2 N–H and O–H groups in total. The number of carboxylic acid groups (broad SMARTS) is 1. The van der Waals surface area contributed by atoms with Crippen molar-refractivity contribution in [1.29, 1.82) is 0 Å². The average molecular weight is 245 g/mol. The fourth-order valence-corrected chi connectivity index (χ4v) is 2.07. The van der Waals surface area contributed by atoms with E-state index >= 15 is 0 Å². The van der Waals surface area contributed by atoms with E-state index in [4.69, 9.17) is 9.84 Å². The van der Waals surface area contributed by atoms with Crippen molar-refractivity contribution in [2.75, 3.05) is 0 Å². The van der Waals surface area contributed by atoms with Crippen molar-refractivity contribution >= 4 is 14.2 Å². The summed E-state index contributed by atoms with van der Waals surface area (Å²) in [6.07, 6.45) is 0.895. The molecule has 0 unspecified atom stereocenters. The van der Waals surface area contributed by atoms with E-state index in [1.165, 1.54) is 0 Å². The van der Waals surface area contributed by atoms with Gasteiger partial charge in [0.05, 0.1) is 19.4 Å². The molecule has 0 atom stereocenters. The Morgan fingerprint density at radius 1 is 1.38 bits per heavy atom. The van der Waals surface area contributed by atoms with E-state index in [9.17, 15) is 4.79 Å². The van der Waals surface area contributed by atoms with Gasteiger partial charge in [-0.05, 0) is 26.7 Å². The Morgan fingerprint density at radius 3 is 2.25 bits per heavy atom. The minimum absolute atomic E-state index is 0.0497. The summed E-state index contributed by atoms with van der Waals surface area (Å²) in [5.41, 5.74) is 0. The molecule has 1 aliphatic rings. The van der Waals surface area contributed by atoms with Crippen molar-refractivity contribution in [1.82, 2.24) is 5.32 Å². The largest absolute Gasteiger partial charge is 0.465 e. The molecule has 1 aliphatic carbocycles. The zero-order valence-electron chi connectivity index (χ0n) is 10.8. The monoisotopic (exact) mass is 245 g/mol. The number of nitrogens with one attached hydrogen (secondary N) is 1. The SMILES string of the molecule is CC(C)(OC1CC(NC(=O)O)C1)[Si](C)(C)C. The van der Waals surface area contributed by atoms with Crippen LogP contribution in [0.15, 0.2) is 0 Å². The van der Waals surface area contributed by atoms with E-state index in [-0.39, 0.29) is 17.4 Å². The van der Waals surface area contributed by atoms with Crippen LogP contribution in [0.25, 0.3) is 0 Å². The molecule has 0 heterocycles. The number of hydrogen-bond acceptors (Lipinski definition) is 2. The van der Waals surface area contributed by atoms with Gasteiger partial charge >= 0.3 is 6.09 Å². The van der Waals surface area contributed by atoms with Crippen LogP contribution in [0.4, 0.5) is 4.79 Å². The van der Waals surface area contributed by atoms with Gasteiger partial charge in [-0.15, -0.1) is 0 Å². The molecule has 1 fully saturated rings. The maximum Gasteiger partial charge on any atom is 0.404 e. The van der Waals surface area contributed by atoms with Gasteiger partial charge in [-0.1, -0.05) is 19.6 Å². The van der Waals surface area contributed by atoms with Crippen molar-refractivity contribution in [3.05, 3.63) is 0 Å². The minimum atomic E-state index is -1.34. The molecule has 4 nitrogen and oxygen atoms in total. The van der Waals surface area contributed by atoms with Gasteiger partial charge in [0.15, 0.2) is 0 Å². The first-order chi connectivity index (χ1) is 7.12. The van der Waals surface area contributed by atoms with Crippen LogP contribution in [0, 0.1) is 0 Å². The predicted octanol–water partition coefficient (Wildman–Crippen LogP) is 2.46. The van der Waals surface area contributed by atoms with Crippen LogP contribution in [-0.2, 0) is 4.74 Å². The summed E-state index contributed by atoms with van der Waals surface area (Å²) < 4.78 is 6.08. The Balaban J connectivity index is 2.35. The number of hydrogen-bond donors (Lipinski definition) is 2. The highest BCUT2D eigenvalue weighted by atomic mass is 28.3. The summed E-state index contributed by atoms with van der Waals surface area (Å²) in [6.45, 7) is 11.2. The Hall–Kier alpha value is -0.553. The van der Waals surface area contributed by atoms with Crippen LogP contribution in [0.2, 0.25) is 19.6 Å². The number of amides is 1. The molecular weight excluding hydrogens is 222 g/mol. The molecule has 1 rings (SSSR count). The summed E-state index contributed by atoms with van der Waals surface area (Å²) in [5.74, 6) is 0. The number of carbonyl (C=O) groups is 1. The fraction of sp³-hybridized carbons (Fsp3) is 0.909. The third-order valence-corrected chi connectivity index (χ3v) is 7.42. The van der Waals surface area contributed by atoms with Gasteiger partial charge in [-0.2, -0.15) is 0 Å². The first-order valence-corrected chi connectivity index (χ1v) is 9.29. The summed E-state index contributed by atoms with van der Waals surface area (Å²) in [5, 5.41) is 11.0. The van der Waals surface area contributed by atoms with Crippen molar-refractivity contribution in [2.24, 2.45) is 0 Å². The molecule has 1 saturated carbocycles. The van der Waals surface area contributed by atoms with Gasteiger partial charge in [-0.3, -0.25) is 0 Å². The summed E-state index contributed by atoms with van der Waals surface area (Å²) in [7, 11) is -1.34. The molecule has 94 valence electrons. The van der Waals surface area contributed by atoms with Crippen LogP contribution >= 0.6 is 0 Å². The lowest BCUT2D eigenvalue weighted by atomic mass is 9.89. The molecule has 0 aromatic carbocycles. The van der Waals surface area contributed by atoms with Gasteiger partial charge < -0.3 is 15.2 Å². The fourth-order valence-electron chi connectivity index (χ4n) is 1.55. The Kier molecular flexibility index (Phi) is 3.69. The first-order valence-electron chi connectivity index (χ1n) is 5.79. The average Bonchev–Trinajstić information content (AvgIpc) is 1.96. The molecule has 1 amide bonds. The molecule has 0 radical (unpaired) electrons. The molecule has 0 spiro atoms. The minimum Gasteiger partial charge on any atom is -0.465 e. The molecule has 0 aromatic heterocycles. The summed E-state index contributed by atoms with van der Waals surface area (Å²) in [6, 6.07) is 0.0833. The van der Waals surface area contributed by atoms with Crippen molar-refractivity contribution in [3.8, 4) is 0 Å². The molecule has 0 aromatic rings. The van der Waals surface area contributed by atoms with Crippen LogP contribution in [0.1, 0.15) is 26.7 Å². The maximum absolute atomic E-state index is 10.4. The molecule has 0 bridgehead atoms. The van der Waals surface area contributed by atoms with Crippen molar-refractivity contribution in [2.45, 2.75) is 63.7 Å².